The maximum atomic E-state index is 6.09. The molecule has 0 spiro atoms. The van der Waals surface area contributed by atoms with Crippen molar-refractivity contribution in [3.8, 4) is 5.88 Å². The second-order valence-electron chi connectivity index (χ2n) is 3.17. The molecule has 3 heteroatoms. The van der Waals surface area contributed by atoms with Crippen LogP contribution in [0.1, 0.15) is 5.56 Å². The van der Waals surface area contributed by atoms with E-state index in [9.17, 15) is 0 Å². The number of rotatable bonds is 1. The van der Waals surface area contributed by atoms with Crippen LogP contribution >= 0.6 is 11.6 Å². The summed E-state index contributed by atoms with van der Waals surface area (Å²) in [6.45, 7) is 2.03. The molecule has 1 aromatic heterocycles. The molecule has 0 saturated heterocycles. The summed E-state index contributed by atoms with van der Waals surface area (Å²) in [5.74, 6) is 0.548. The standard InChI is InChI=1S/C11H10ClNO/c1-7-3-4-10-8(5-7)9(12)6-11(13-10)14-2/h3-6H,1-2H3. The Bertz CT molecular complexity index is 482. The lowest BCUT2D eigenvalue weighted by Crippen LogP contribution is -1.89. The van der Waals surface area contributed by atoms with Gasteiger partial charge in [0.25, 0.3) is 0 Å². The van der Waals surface area contributed by atoms with E-state index >= 15 is 0 Å². The molecule has 0 radical (unpaired) electrons. The number of hydrogen-bond acceptors (Lipinski definition) is 2. The number of ether oxygens (including phenoxy) is 1. The fourth-order valence-electron chi connectivity index (χ4n) is 1.38. The first kappa shape index (κ1) is 9.28. The lowest BCUT2D eigenvalue weighted by Gasteiger charge is -2.04. The van der Waals surface area contributed by atoms with Crippen molar-refractivity contribution in [1.29, 1.82) is 0 Å². The summed E-state index contributed by atoms with van der Waals surface area (Å²) in [4.78, 5) is 4.29. The van der Waals surface area contributed by atoms with E-state index in [4.69, 9.17) is 16.3 Å². The number of methoxy groups -OCH3 is 1. The third-order valence-electron chi connectivity index (χ3n) is 2.10. The highest BCUT2D eigenvalue weighted by Gasteiger charge is 2.03. The third kappa shape index (κ3) is 1.53. The molecule has 0 aliphatic rings. The van der Waals surface area contributed by atoms with Crippen LogP contribution < -0.4 is 4.74 Å². The SMILES string of the molecule is COc1cc(Cl)c2cc(C)ccc2n1. The molecule has 0 saturated carbocycles. The molecule has 0 unspecified atom stereocenters. The van der Waals surface area contributed by atoms with Crippen molar-refractivity contribution in [3.05, 3.63) is 34.9 Å². The maximum Gasteiger partial charge on any atom is 0.215 e. The third-order valence-corrected chi connectivity index (χ3v) is 2.41. The molecule has 0 N–H and O–H groups in total. The highest BCUT2D eigenvalue weighted by molar-refractivity contribution is 6.35. The van der Waals surface area contributed by atoms with Crippen LogP contribution in [0, 0.1) is 6.92 Å². The summed E-state index contributed by atoms with van der Waals surface area (Å²) < 4.78 is 5.04. The highest BCUT2D eigenvalue weighted by atomic mass is 35.5. The summed E-state index contributed by atoms with van der Waals surface area (Å²) in [6.07, 6.45) is 0. The van der Waals surface area contributed by atoms with E-state index < -0.39 is 0 Å². The van der Waals surface area contributed by atoms with Crippen molar-refractivity contribution < 1.29 is 4.74 Å². The number of hydrogen-bond donors (Lipinski definition) is 0. The van der Waals surface area contributed by atoms with Crippen LogP contribution in [0.4, 0.5) is 0 Å². The molecular formula is C11H10ClNO. The molecule has 72 valence electrons. The monoisotopic (exact) mass is 207 g/mol. The van der Waals surface area contributed by atoms with Gasteiger partial charge in [0.2, 0.25) is 5.88 Å². The molecule has 0 aliphatic heterocycles. The van der Waals surface area contributed by atoms with Gasteiger partial charge in [-0.15, -0.1) is 0 Å². The first-order valence-electron chi connectivity index (χ1n) is 4.31. The highest BCUT2D eigenvalue weighted by Crippen LogP contribution is 2.26. The zero-order valence-electron chi connectivity index (χ0n) is 8.04. The Morgan fingerprint density at radius 3 is 2.79 bits per heavy atom. The minimum atomic E-state index is 0.548. The maximum absolute atomic E-state index is 6.09. The summed E-state index contributed by atoms with van der Waals surface area (Å²) in [5, 5.41) is 1.64. The Balaban J connectivity index is 2.76. The van der Waals surface area contributed by atoms with E-state index in [0.29, 0.717) is 10.9 Å². The number of benzene rings is 1. The second-order valence-corrected chi connectivity index (χ2v) is 3.57. The fourth-order valence-corrected chi connectivity index (χ4v) is 1.63. The van der Waals surface area contributed by atoms with Crippen molar-refractivity contribution in [2.24, 2.45) is 0 Å². The van der Waals surface area contributed by atoms with Crippen molar-refractivity contribution in [2.75, 3.05) is 7.11 Å². The Kier molecular flexibility index (Phi) is 2.30. The van der Waals surface area contributed by atoms with Gasteiger partial charge in [-0.05, 0) is 19.1 Å². The van der Waals surface area contributed by atoms with Gasteiger partial charge in [-0.1, -0.05) is 23.2 Å². The van der Waals surface area contributed by atoms with Gasteiger partial charge in [0, 0.05) is 11.5 Å². The van der Waals surface area contributed by atoms with Gasteiger partial charge in [0.05, 0.1) is 17.6 Å². The van der Waals surface area contributed by atoms with Gasteiger partial charge in [-0.2, -0.15) is 0 Å². The molecule has 0 fully saturated rings. The van der Waals surface area contributed by atoms with Crippen LogP contribution in [0.3, 0.4) is 0 Å². The smallest absolute Gasteiger partial charge is 0.215 e. The number of fused-ring (bicyclic) bond motifs is 1. The van der Waals surface area contributed by atoms with Gasteiger partial charge in [-0.3, -0.25) is 0 Å². The molecule has 0 bridgehead atoms. The topological polar surface area (TPSA) is 22.1 Å². The normalized spacial score (nSPS) is 10.5. The van der Waals surface area contributed by atoms with Crippen LogP contribution in [-0.4, -0.2) is 12.1 Å². The van der Waals surface area contributed by atoms with Gasteiger partial charge >= 0.3 is 0 Å². The van der Waals surface area contributed by atoms with Gasteiger partial charge in [0.15, 0.2) is 0 Å². The minimum absolute atomic E-state index is 0.548. The first-order valence-corrected chi connectivity index (χ1v) is 4.69. The molecule has 2 aromatic rings. The average molecular weight is 208 g/mol. The average Bonchev–Trinajstić information content (AvgIpc) is 2.19. The molecular weight excluding hydrogens is 198 g/mol. The van der Waals surface area contributed by atoms with Crippen LogP contribution in [-0.2, 0) is 0 Å². The number of aromatic nitrogens is 1. The quantitative estimate of drug-likeness (QED) is 0.717. The molecule has 0 amide bonds. The first-order chi connectivity index (χ1) is 6.70. The second kappa shape index (κ2) is 3.46. The summed E-state index contributed by atoms with van der Waals surface area (Å²) in [5.41, 5.74) is 2.03. The lowest BCUT2D eigenvalue weighted by molar-refractivity contribution is 0.399. The van der Waals surface area contributed by atoms with E-state index in [2.05, 4.69) is 4.98 Å². The number of aryl methyl sites for hydroxylation is 1. The largest absolute Gasteiger partial charge is 0.481 e. The van der Waals surface area contributed by atoms with Crippen LogP contribution in [0.5, 0.6) is 5.88 Å². The molecule has 1 heterocycles. The molecule has 0 aliphatic carbocycles. The summed E-state index contributed by atoms with van der Waals surface area (Å²) in [7, 11) is 1.58. The predicted octanol–water partition coefficient (Wildman–Crippen LogP) is 3.21. The van der Waals surface area contributed by atoms with Crippen molar-refractivity contribution in [1.82, 2.24) is 4.98 Å². The Labute approximate surface area is 87.5 Å². The van der Waals surface area contributed by atoms with Crippen molar-refractivity contribution in [3.63, 3.8) is 0 Å². The zero-order chi connectivity index (χ0) is 10.1. The van der Waals surface area contributed by atoms with E-state index in [1.54, 1.807) is 13.2 Å². The summed E-state index contributed by atoms with van der Waals surface area (Å²) >= 11 is 6.09. The predicted molar refractivity (Wildman–Crippen MR) is 58.0 cm³/mol. The summed E-state index contributed by atoms with van der Waals surface area (Å²) in [6, 6.07) is 7.69. The molecule has 1 aromatic carbocycles. The van der Waals surface area contributed by atoms with E-state index in [1.165, 1.54) is 5.56 Å². The number of nitrogens with zero attached hydrogens (tertiary/aromatic N) is 1. The Morgan fingerprint density at radius 1 is 1.29 bits per heavy atom. The van der Waals surface area contributed by atoms with Crippen LogP contribution in [0.2, 0.25) is 5.02 Å². The van der Waals surface area contributed by atoms with Crippen molar-refractivity contribution in [2.45, 2.75) is 6.92 Å². The van der Waals surface area contributed by atoms with Gasteiger partial charge < -0.3 is 4.74 Å². The van der Waals surface area contributed by atoms with E-state index in [-0.39, 0.29) is 0 Å². The molecule has 0 atom stereocenters. The Hall–Kier alpha value is -1.28. The minimum Gasteiger partial charge on any atom is -0.481 e. The number of pyridine rings is 1. The zero-order valence-corrected chi connectivity index (χ0v) is 8.80. The van der Waals surface area contributed by atoms with Gasteiger partial charge in [-0.25, -0.2) is 4.98 Å². The van der Waals surface area contributed by atoms with E-state index in [0.717, 1.165) is 10.9 Å². The van der Waals surface area contributed by atoms with Crippen molar-refractivity contribution >= 4 is 22.5 Å². The lowest BCUT2D eigenvalue weighted by atomic mass is 10.1. The van der Waals surface area contributed by atoms with Gasteiger partial charge in [0.1, 0.15) is 0 Å². The van der Waals surface area contributed by atoms with Crippen LogP contribution in [0.15, 0.2) is 24.3 Å². The van der Waals surface area contributed by atoms with Crippen LogP contribution in [0.25, 0.3) is 10.9 Å². The number of halogens is 1. The molecule has 2 rings (SSSR count). The molecule has 2 nitrogen and oxygen atoms in total. The fraction of sp³-hybridized carbons (Fsp3) is 0.182. The molecule has 14 heavy (non-hydrogen) atoms. The van der Waals surface area contributed by atoms with E-state index in [1.807, 2.05) is 25.1 Å². The Morgan fingerprint density at radius 2 is 2.07 bits per heavy atom.